The normalized spacial score (nSPS) is 21.4. The van der Waals surface area contributed by atoms with Crippen molar-refractivity contribution in [1.82, 2.24) is 19.4 Å². The molecular formula is C15H26N4O4S. The Morgan fingerprint density at radius 2 is 2.17 bits per heavy atom. The van der Waals surface area contributed by atoms with Gasteiger partial charge in [0.05, 0.1) is 36.3 Å². The Kier molecular flexibility index (Phi) is 6.00. The topological polar surface area (TPSA) is 93.5 Å². The van der Waals surface area contributed by atoms with Crippen molar-refractivity contribution in [3.8, 4) is 0 Å². The number of nitrogens with one attached hydrogen (secondary N) is 1. The molecule has 9 heteroatoms. The van der Waals surface area contributed by atoms with Gasteiger partial charge in [-0.3, -0.25) is 9.48 Å². The van der Waals surface area contributed by atoms with Crippen molar-refractivity contribution in [2.24, 2.45) is 5.92 Å². The van der Waals surface area contributed by atoms with Gasteiger partial charge in [0.15, 0.2) is 0 Å². The fourth-order valence-corrected chi connectivity index (χ4v) is 3.84. The zero-order valence-electron chi connectivity index (χ0n) is 14.7. The Labute approximate surface area is 143 Å². The number of ether oxygens (including phenoxy) is 1. The van der Waals surface area contributed by atoms with Gasteiger partial charge in [0.2, 0.25) is 10.0 Å². The van der Waals surface area contributed by atoms with E-state index in [1.165, 1.54) is 18.4 Å². The van der Waals surface area contributed by atoms with Crippen LogP contribution in [0.1, 0.15) is 29.4 Å². The molecule has 0 bridgehead atoms. The third-order valence-corrected chi connectivity index (χ3v) is 6.10. The van der Waals surface area contributed by atoms with Crippen LogP contribution in [0.5, 0.6) is 0 Å². The van der Waals surface area contributed by atoms with E-state index in [1.54, 1.807) is 17.8 Å². The molecule has 1 aliphatic rings. The van der Waals surface area contributed by atoms with Gasteiger partial charge in [-0.05, 0) is 13.3 Å². The van der Waals surface area contributed by atoms with E-state index < -0.39 is 10.0 Å². The van der Waals surface area contributed by atoms with Gasteiger partial charge in [-0.1, -0.05) is 6.92 Å². The lowest BCUT2D eigenvalue weighted by Crippen LogP contribution is -2.43. The number of amides is 1. The fourth-order valence-electron chi connectivity index (χ4n) is 2.67. The summed E-state index contributed by atoms with van der Waals surface area (Å²) in [6.45, 7) is 5.24. The van der Waals surface area contributed by atoms with Crippen LogP contribution in [0.2, 0.25) is 0 Å². The molecule has 2 rings (SSSR count). The number of hydrogen-bond acceptors (Lipinski definition) is 5. The second kappa shape index (κ2) is 7.62. The van der Waals surface area contributed by atoms with Crippen molar-refractivity contribution >= 4 is 15.9 Å². The summed E-state index contributed by atoms with van der Waals surface area (Å²) in [5, 5.41) is 7.22. The van der Waals surface area contributed by atoms with Gasteiger partial charge in [0.1, 0.15) is 0 Å². The van der Waals surface area contributed by atoms with Gasteiger partial charge in [-0.15, -0.1) is 0 Å². The highest BCUT2D eigenvalue weighted by atomic mass is 32.2. The molecule has 1 fully saturated rings. The fraction of sp³-hybridized carbons (Fsp3) is 0.733. The third-order valence-electron chi connectivity index (χ3n) is 4.14. The summed E-state index contributed by atoms with van der Waals surface area (Å²) < 4.78 is 32.5. The average molecular weight is 358 g/mol. The van der Waals surface area contributed by atoms with Gasteiger partial charge in [0, 0.05) is 32.8 Å². The van der Waals surface area contributed by atoms with E-state index in [1.807, 2.05) is 6.92 Å². The van der Waals surface area contributed by atoms with Gasteiger partial charge >= 0.3 is 0 Å². The van der Waals surface area contributed by atoms with Crippen LogP contribution in [0.25, 0.3) is 0 Å². The Morgan fingerprint density at radius 1 is 1.46 bits per heavy atom. The Hall–Kier alpha value is -1.45. The molecule has 136 valence electrons. The first-order valence-corrected chi connectivity index (χ1v) is 9.68. The van der Waals surface area contributed by atoms with Crippen LogP contribution < -0.4 is 5.32 Å². The highest BCUT2D eigenvalue weighted by Gasteiger charge is 2.34. The highest BCUT2D eigenvalue weighted by Crippen LogP contribution is 2.18. The van der Waals surface area contributed by atoms with E-state index in [-0.39, 0.29) is 23.6 Å². The molecule has 0 spiro atoms. The van der Waals surface area contributed by atoms with Crippen molar-refractivity contribution in [1.29, 1.82) is 0 Å². The van der Waals surface area contributed by atoms with Crippen LogP contribution in [0.15, 0.2) is 6.20 Å². The summed E-state index contributed by atoms with van der Waals surface area (Å²) in [7, 11) is -0.332. The van der Waals surface area contributed by atoms with E-state index in [2.05, 4.69) is 10.4 Å². The molecule has 1 amide bonds. The van der Waals surface area contributed by atoms with Gasteiger partial charge in [-0.2, -0.15) is 5.10 Å². The third kappa shape index (κ3) is 4.34. The molecule has 24 heavy (non-hydrogen) atoms. The second-order valence-electron chi connectivity index (χ2n) is 6.33. The molecule has 1 aromatic heterocycles. The first kappa shape index (κ1) is 18.9. The maximum atomic E-state index is 12.5. The van der Waals surface area contributed by atoms with Gasteiger partial charge in [0.25, 0.3) is 5.91 Å². The quantitative estimate of drug-likeness (QED) is 0.753. The Bertz CT molecular complexity index is 684. The maximum absolute atomic E-state index is 12.5. The van der Waals surface area contributed by atoms with Crippen molar-refractivity contribution in [2.45, 2.75) is 32.9 Å². The minimum absolute atomic E-state index is 0.0426. The van der Waals surface area contributed by atoms with Crippen LogP contribution in [0.4, 0.5) is 0 Å². The Morgan fingerprint density at radius 3 is 2.79 bits per heavy atom. The molecule has 0 aliphatic carbocycles. The summed E-state index contributed by atoms with van der Waals surface area (Å²) >= 11 is 0. The number of carbonyl (C=O) groups excluding carboxylic acids is 1. The number of sulfonamides is 1. The summed E-state index contributed by atoms with van der Waals surface area (Å²) in [6, 6.07) is -0.318. The summed E-state index contributed by atoms with van der Waals surface area (Å²) in [6.07, 6.45) is 2.67. The zero-order valence-corrected chi connectivity index (χ0v) is 15.5. The van der Waals surface area contributed by atoms with Crippen LogP contribution in [0, 0.1) is 12.8 Å². The lowest BCUT2D eigenvalue weighted by atomic mass is 10.1. The molecule has 0 aromatic carbocycles. The molecule has 2 heterocycles. The average Bonchev–Trinajstić information content (AvgIpc) is 3.06. The van der Waals surface area contributed by atoms with Crippen LogP contribution in [-0.2, 0) is 21.3 Å². The lowest BCUT2D eigenvalue weighted by Gasteiger charge is -2.20. The standard InChI is InChI=1S/C15H26N4O4S/c1-5-6-19-7-13(11(2)17-19)15(20)16-14-9-23-8-12(14)10-24(21,22)18(3)4/h7,12,14H,5-6,8-10H2,1-4H3,(H,16,20)/t12-,14-/m0/s1. The number of aryl methyl sites for hydroxylation is 2. The SMILES string of the molecule is CCCn1cc(C(=O)N[C@H]2COC[C@H]2CS(=O)(=O)N(C)C)c(C)n1. The largest absolute Gasteiger partial charge is 0.379 e. The van der Waals surface area contributed by atoms with E-state index in [4.69, 9.17) is 4.74 Å². The highest BCUT2D eigenvalue weighted by molar-refractivity contribution is 7.89. The van der Waals surface area contributed by atoms with Crippen LogP contribution >= 0.6 is 0 Å². The smallest absolute Gasteiger partial charge is 0.255 e. The van der Waals surface area contributed by atoms with E-state index in [0.717, 1.165) is 13.0 Å². The molecule has 0 saturated carbocycles. The number of carbonyl (C=O) groups is 1. The molecule has 1 N–H and O–H groups in total. The van der Waals surface area contributed by atoms with Gasteiger partial charge < -0.3 is 10.1 Å². The molecular weight excluding hydrogens is 332 g/mol. The van der Waals surface area contributed by atoms with E-state index in [0.29, 0.717) is 24.5 Å². The van der Waals surface area contributed by atoms with Crippen LogP contribution in [0.3, 0.4) is 0 Å². The predicted octanol–water partition coefficient (Wildman–Crippen LogP) is 0.238. The minimum atomic E-state index is -3.34. The summed E-state index contributed by atoms with van der Waals surface area (Å²) in [5.41, 5.74) is 1.18. The lowest BCUT2D eigenvalue weighted by molar-refractivity contribution is 0.0925. The minimum Gasteiger partial charge on any atom is -0.379 e. The monoisotopic (exact) mass is 358 g/mol. The van der Waals surface area contributed by atoms with Crippen LogP contribution in [-0.4, -0.2) is 67.5 Å². The first-order valence-electron chi connectivity index (χ1n) is 8.07. The molecule has 8 nitrogen and oxygen atoms in total. The number of hydrogen-bond donors (Lipinski definition) is 1. The predicted molar refractivity (Wildman–Crippen MR) is 90.3 cm³/mol. The number of aromatic nitrogens is 2. The van der Waals surface area contributed by atoms with E-state index in [9.17, 15) is 13.2 Å². The number of rotatable bonds is 7. The molecule has 2 atom stereocenters. The van der Waals surface area contributed by atoms with Crippen molar-refractivity contribution in [2.75, 3.05) is 33.1 Å². The molecule has 1 saturated heterocycles. The summed E-state index contributed by atoms with van der Waals surface area (Å²) in [4.78, 5) is 12.5. The number of nitrogens with zero attached hydrogens (tertiary/aromatic N) is 3. The molecule has 0 unspecified atom stereocenters. The zero-order chi connectivity index (χ0) is 17.9. The second-order valence-corrected chi connectivity index (χ2v) is 8.56. The van der Waals surface area contributed by atoms with Gasteiger partial charge in [-0.25, -0.2) is 12.7 Å². The molecule has 1 aliphatic heterocycles. The first-order chi connectivity index (χ1) is 11.2. The molecule has 0 radical (unpaired) electrons. The summed E-state index contributed by atoms with van der Waals surface area (Å²) in [5.74, 6) is -0.538. The van der Waals surface area contributed by atoms with Crippen molar-refractivity contribution in [3.05, 3.63) is 17.5 Å². The Balaban J connectivity index is 2.05. The van der Waals surface area contributed by atoms with E-state index >= 15 is 0 Å². The maximum Gasteiger partial charge on any atom is 0.255 e. The molecule has 1 aromatic rings. The van der Waals surface area contributed by atoms with Crippen molar-refractivity contribution < 1.29 is 17.9 Å². The van der Waals surface area contributed by atoms with Crippen molar-refractivity contribution in [3.63, 3.8) is 0 Å².